The van der Waals surface area contributed by atoms with Crippen molar-refractivity contribution in [2.24, 2.45) is 0 Å². The Morgan fingerprint density at radius 1 is 0.647 bits per heavy atom. The molecule has 0 aliphatic heterocycles. The molecular formula is C15H18P2. The van der Waals surface area contributed by atoms with Crippen LogP contribution in [0.5, 0.6) is 0 Å². The van der Waals surface area contributed by atoms with E-state index in [9.17, 15) is 0 Å². The molecule has 0 saturated heterocycles. The Hall–Kier alpha value is -0.700. The Kier molecular flexibility index (Phi) is 5.69. The highest BCUT2D eigenvalue weighted by Crippen LogP contribution is 2.39. The molecule has 2 aromatic carbocycles. The number of hydrogen-bond acceptors (Lipinski definition) is 0. The maximum Gasteiger partial charge on any atom is -0.00640 e. The normalized spacial score (nSPS) is 11.8. The molecule has 0 heterocycles. The van der Waals surface area contributed by atoms with Gasteiger partial charge < -0.3 is 0 Å². The number of hydrogen-bond donors (Lipinski definition) is 0. The molecule has 0 aromatic heterocycles. The topological polar surface area (TPSA) is 0 Å². The van der Waals surface area contributed by atoms with Crippen LogP contribution in [-0.4, -0.2) is 6.16 Å². The summed E-state index contributed by atoms with van der Waals surface area (Å²) in [5, 5.41) is 0. The molecule has 0 bridgehead atoms. The van der Waals surface area contributed by atoms with Crippen molar-refractivity contribution in [3.63, 3.8) is 0 Å². The molecule has 2 unspecified atom stereocenters. The minimum Gasteiger partial charge on any atom is -0.0986 e. The van der Waals surface area contributed by atoms with E-state index in [1.165, 1.54) is 29.9 Å². The van der Waals surface area contributed by atoms with E-state index in [4.69, 9.17) is 0 Å². The smallest absolute Gasteiger partial charge is 0.00640 e. The molecule has 2 heteroatoms. The summed E-state index contributed by atoms with van der Waals surface area (Å²) < 4.78 is 0. The lowest BCUT2D eigenvalue weighted by atomic mass is 10.2. The predicted octanol–water partition coefficient (Wildman–Crippen LogP) is 4.70. The first kappa shape index (κ1) is 12.7. The second-order valence-electron chi connectivity index (χ2n) is 4.00. The van der Waals surface area contributed by atoms with Gasteiger partial charge >= 0.3 is 0 Å². The molecule has 0 aliphatic rings. The molecule has 0 saturated carbocycles. The van der Waals surface area contributed by atoms with Gasteiger partial charge in [-0.15, -0.1) is 0 Å². The van der Waals surface area contributed by atoms with Crippen molar-refractivity contribution in [1.82, 2.24) is 0 Å². The summed E-state index contributed by atoms with van der Waals surface area (Å²) in [6.45, 7) is 0. The summed E-state index contributed by atoms with van der Waals surface area (Å²) in [6.07, 6.45) is 3.84. The highest BCUT2D eigenvalue weighted by molar-refractivity contribution is 8.11. The van der Waals surface area contributed by atoms with Gasteiger partial charge in [0.25, 0.3) is 0 Å². The number of benzene rings is 2. The summed E-state index contributed by atoms with van der Waals surface area (Å²) in [6, 6.07) is 21.6. The molecule has 0 spiro atoms. The van der Waals surface area contributed by atoms with E-state index >= 15 is 0 Å². The minimum atomic E-state index is 1.09. The molecule has 0 amide bonds. The van der Waals surface area contributed by atoms with Crippen LogP contribution in [0.2, 0.25) is 0 Å². The van der Waals surface area contributed by atoms with Crippen LogP contribution >= 0.6 is 16.5 Å². The van der Waals surface area contributed by atoms with Crippen LogP contribution in [0.1, 0.15) is 11.1 Å². The highest BCUT2D eigenvalue weighted by Gasteiger charge is 1.94. The molecule has 0 nitrogen and oxygen atoms in total. The van der Waals surface area contributed by atoms with Crippen molar-refractivity contribution in [3.05, 3.63) is 71.8 Å². The van der Waals surface area contributed by atoms with Crippen LogP contribution in [0, 0.1) is 0 Å². The molecular weight excluding hydrogens is 242 g/mol. The van der Waals surface area contributed by atoms with E-state index in [1.54, 1.807) is 0 Å². The van der Waals surface area contributed by atoms with E-state index in [0.717, 1.165) is 16.5 Å². The van der Waals surface area contributed by atoms with Gasteiger partial charge in [-0.3, -0.25) is 0 Å². The highest BCUT2D eigenvalue weighted by atomic mass is 32.0. The van der Waals surface area contributed by atoms with Crippen molar-refractivity contribution in [3.8, 4) is 0 Å². The molecule has 17 heavy (non-hydrogen) atoms. The van der Waals surface area contributed by atoms with Gasteiger partial charge in [-0.1, -0.05) is 77.2 Å². The van der Waals surface area contributed by atoms with Crippen molar-refractivity contribution in [2.45, 2.75) is 12.6 Å². The Morgan fingerprint density at radius 3 is 1.88 bits per heavy atom. The van der Waals surface area contributed by atoms with Gasteiger partial charge in [-0.25, -0.2) is 0 Å². The third-order valence-electron chi connectivity index (χ3n) is 2.64. The van der Waals surface area contributed by atoms with Crippen LogP contribution in [0.4, 0.5) is 0 Å². The standard InChI is InChI=1S/C15H18P2/c1-3-7-14(8-4-1)11-12-16-17-13-15-9-5-2-6-10-15/h1-10,16-17H,11-13H2. The summed E-state index contributed by atoms with van der Waals surface area (Å²) in [5.41, 5.74) is 2.96. The fourth-order valence-corrected chi connectivity index (χ4v) is 4.75. The van der Waals surface area contributed by atoms with Gasteiger partial charge in [0.15, 0.2) is 0 Å². The largest absolute Gasteiger partial charge is 0.0986 e. The molecule has 2 atom stereocenters. The SMILES string of the molecule is c1ccc(CCPPCc2ccccc2)cc1. The van der Waals surface area contributed by atoms with Crippen LogP contribution in [0.3, 0.4) is 0 Å². The lowest BCUT2D eigenvalue weighted by Crippen LogP contribution is -1.84. The lowest BCUT2D eigenvalue weighted by Gasteiger charge is -2.03. The first-order valence-electron chi connectivity index (χ1n) is 5.99. The zero-order valence-electron chi connectivity index (χ0n) is 9.89. The van der Waals surface area contributed by atoms with Gasteiger partial charge in [0.1, 0.15) is 0 Å². The quantitative estimate of drug-likeness (QED) is 0.521. The minimum absolute atomic E-state index is 1.09. The van der Waals surface area contributed by atoms with E-state index in [2.05, 4.69) is 60.7 Å². The molecule has 0 N–H and O–H groups in total. The summed E-state index contributed by atoms with van der Waals surface area (Å²) in [7, 11) is 2.20. The van der Waals surface area contributed by atoms with Crippen LogP contribution in [-0.2, 0) is 12.6 Å². The average Bonchev–Trinajstić information content (AvgIpc) is 2.41. The van der Waals surface area contributed by atoms with E-state index < -0.39 is 0 Å². The van der Waals surface area contributed by atoms with Crippen molar-refractivity contribution < 1.29 is 0 Å². The lowest BCUT2D eigenvalue weighted by molar-refractivity contribution is 1.16. The molecule has 88 valence electrons. The molecule has 2 rings (SSSR count). The first-order chi connectivity index (χ1) is 8.45. The van der Waals surface area contributed by atoms with Crippen LogP contribution in [0.15, 0.2) is 60.7 Å². The van der Waals surface area contributed by atoms with Crippen molar-refractivity contribution in [2.75, 3.05) is 6.16 Å². The Balaban J connectivity index is 1.61. The third-order valence-corrected chi connectivity index (χ3v) is 6.01. The zero-order valence-corrected chi connectivity index (χ0v) is 11.9. The molecule has 2 aromatic rings. The van der Waals surface area contributed by atoms with E-state index in [1.807, 2.05) is 0 Å². The average molecular weight is 260 g/mol. The second kappa shape index (κ2) is 7.59. The molecule has 0 radical (unpaired) electrons. The summed E-state index contributed by atoms with van der Waals surface area (Å²) >= 11 is 0. The summed E-state index contributed by atoms with van der Waals surface area (Å²) in [4.78, 5) is 0. The fraction of sp³-hybridized carbons (Fsp3) is 0.200. The van der Waals surface area contributed by atoms with Gasteiger partial charge in [-0.05, 0) is 29.9 Å². The Labute approximate surface area is 107 Å². The monoisotopic (exact) mass is 260 g/mol. The van der Waals surface area contributed by atoms with Gasteiger partial charge in [-0.2, -0.15) is 0 Å². The van der Waals surface area contributed by atoms with Crippen LogP contribution < -0.4 is 0 Å². The van der Waals surface area contributed by atoms with Crippen molar-refractivity contribution in [1.29, 1.82) is 0 Å². The fourth-order valence-electron chi connectivity index (χ4n) is 1.70. The Morgan fingerprint density at radius 2 is 1.24 bits per heavy atom. The zero-order chi connectivity index (χ0) is 11.8. The van der Waals surface area contributed by atoms with E-state index in [0.29, 0.717) is 0 Å². The predicted molar refractivity (Wildman–Crippen MR) is 81.8 cm³/mol. The van der Waals surface area contributed by atoms with Crippen molar-refractivity contribution >= 4 is 16.5 Å². The third kappa shape index (κ3) is 4.99. The summed E-state index contributed by atoms with van der Waals surface area (Å²) in [5.74, 6) is 0. The van der Waals surface area contributed by atoms with Gasteiger partial charge in [0.2, 0.25) is 0 Å². The molecule has 0 aliphatic carbocycles. The van der Waals surface area contributed by atoms with E-state index in [-0.39, 0.29) is 0 Å². The maximum atomic E-state index is 2.23. The number of aryl methyl sites for hydroxylation is 1. The van der Waals surface area contributed by atoms with Gasteiger partial charge in [0.05, 0.1) is 0 Å². The maximum absolute atomic E-state index is 2.23. The number of rotatable bonds is 6. The first-order valence-corrected chi connectivity index (χ1v) is 9.40. The second-order valence-corrected chi connectivity index (χ2v) is 7.68. The Bertz CT molecular complexity index is 370. The van der Waals surface area contributed by atoms with Crippen LogP contribution in [0.25, 0.3) is 0 Å². The van der Waals surface area contributed by atoms with Gasteiger partial charge in [0, 0.05) is 0 Å². The molecule has 0 fully saturated rings.